The molecule has 134 valence electrons. The zero-order valence-electron chi connectivity index (χ0n) is 14.8. The zero-order valence-corrected chi connectivity index (χ0v) is 14.8. The Kier molecular flexibility index (Phi) is 9.27. The second-order valence-electron chi connectivity index (χ2n) is 6.27. The lowest BCUT2D eigenvalue weighted by molar-refractivity contribution is -0.121. The van der Waals surface area contributed by atoms with Crippen LogP contribution in [0.1, 0.15) is 67.8 Å². The Bertz CT molecular complexity index is 529. The van der Waals surface area contributed by atoms with E-state index in [-0.39, 0.29) is 18.1 Å². The van der Waals surface area contributed by atoms with Gasteiger partial charge in [-0.05, 0) is 18.9 Å². The van der Waals surface area contributed by atoms with Gasteiger partial charge in [-0.2, -0.15) is 0 Å². The number of carbonyl (C=O) groups excluding carboxylic acids is 2. The first-order chi connectivity index (χ1) is 11.5. The van der Waals surface area contributed by atoms with Crippen molar-refractivity contribution in [2.24, 2.45) is 5.73 Å². The number of benzene rings is 1. The molecule has 1 aromatic carbocycles. The van der Waals surface area contributed by atoms with E-state index >= 15 is 0 Å². The summed E-state index contributed by atoms with van der Waals surface area (Å²) in [5, 5.41) is 12.2. The summed E-state index contributed by atoms with van der Waals surface area (Å²) in [4.78, 5) is 24.8. The number of Topliss-reactive ketones (excluding diaryl/α,β-unsaturated/α-hetero) is 1. The molecule has 2 atom stereocenters. The topological polar surface area (TPSA) is 92.4 Å². The molecule has 0 saturated heterocycles. The number of hydrogen-bond acceptors (Lipinski definition) is 4. The van der Waals surface area contributed by atoms with Crippen molar-refractivity contribution in [3.8, 4) is 0 Å². The highest BCUT2D eigenvalue weighted by atomic mass is 16.3. The van der Waals surface area contributed by atoms with Gasteiger partial charge >= 0.3 is 0 Å². The molecule has 4 N–H and O–H groups in total. The van der Waals surface area contributed by atoms with Gasteiger partial charge < -0.3 is 16.2 Å². The number of aliphatic hydroxyl groups excluding tert-OH is 1. The van der Waals surface area contributed by atoms with Gasteiger partial charge in [-0.15, -0.1) is 0 Å². The van der Waals surface area contributed by atoms with Gasteiger partial charge in [0, 0.05) is 18.4 Å². The fourth-order valence-corrected chi connectivity index (χ4v) is 2.67. The van der Waals surface area contributed by atoms with Crippen molar-refractivity contribution < 1.29 is 14.7 Å². The third-order valence-corrected chi connectivity index (χ3v) is 4.05. The van der Waals surface area contributed by atoms with Gasteiger partial charge in [-0.25, -0.2) is 0 Å². The van der Waals surface area contributed by atoms with Crippen LogP contribution in [-0.2, 0) is 4.79 Å². The largest absolute Gasteiger partial charge is 0.379 e. The van der Waals surface area contributed by atoms with Crippen LogP contribution in [0, 0.1) is 6.92 Å². The molecule has 1 unspecified atom stereocenters. The summed E-state index contributed by atoms with van der Waals surface area (Å²) in [7, 11) is 0. The molecule has 0 aromatic heterocycles. The van der Waals surface area contributed by atoms with E-state index in [4.69, 9.17) is 5.73 Å². The molecule has 5 nitrogen and oxygen atoms in total. The zero-order chi connectivity index (χ0) is 17.9. The van der Waals surface area contributed by atoms with E-state index in [0.717, 1.165) is 31.2 Å². The summed E-state index contributed by atoms with van der Waals surface area (Å²) >= 11 is 0. The van der Waals surface area contributed by atoms with Crippen molar-refractivity contribution in [1.29, 1.82) is 0 Å². The summed E-state index contributed by atoms with van der Waals surface area (Å²) in [6.07, 6.45) is 4.53. The summed E-state index contributed by atoms with van der Waals surface area (Å²) < 4.78 is 0. The molecule has 1 aromatic rings. The highest BCUT2D eigenvalue weighted by molar-refractivity contribution is 6.03. The molecule has 0 saturated carbocycles. The average Bonchev–Trinajstić information content (AvgIpc) is 2.53. The molecule has 1 amide bonds. The summed E-state index contributed by atoms with van der Waals surface area (Å²) in [5.41, 5.74) is 6.82. The first-order valence-corrected chi connectivity index (χ1v) is 8.78. The molecule has 0 heterocycles. The SMILES string of the molecule is CCCCCCCC(=O)N[C@H](CC(N)O)C(=O)c1ccccc1C. The lowest BCUT2D eigenvalue weighted by Crippen LogP contribution is -2.44. The van der Waals surface area contributed by atoms with Gasteiger partial charge in [0.15, 0.2) is 5.78 Å². The summed E-state index contributed by atoms with van der Waals surface area (Å²) in [6.45, 7) is 3.99. The highest BCUT2D eigenvalue weighted by Crippen LogP contribution is 2.13. The predicted octanol–water partition coefficient (Wildman–Crippen LogP) is 2.69. The number of unbranched alkanes of at least 4 members (excludes halogenated alkanes) is 4. The number of aryl methyl sites for hydroxylation is 1. The molecule has 0 aliphatic rings. The van der Waals surface area contributed by atoms with Crippen molar-refractivity contribution in [3.63, 3.8) is 0 Å². The first-order valence-electron chi connectivity index (χ1n) is 8.78. The van der Waals surface area contributed by atoms with Gasteiger partial charge in [-0.1, -0.05) is 56.9 Å². The maximum absolute atomic E-state index is 12.7. The van der Waals surface area contributed by atoms with Crippen LogP contribution in [0.2, 0.25) is 0 Å². The molecule has 0 radical (unpaired) electrons. The summed E-state index contributed by atoms with van der Waals surface area (Å²) in [5.74, 6) is -0.379. The fraction of sp³-hybridized carbons (Fsp3) is 0.579. The second-order valence-corrected chi connectivity index (χ2v) is 6.27. The summed E-state index contributed by atoms with van der Waals surface area (Å²) in [6, 6.07) is 6.41. The van der Waals surface area contributed by atoms with Crippen LogP contribution in [0.25, 0.3) is 0 Å². The maximum atomic E-state index is 12.7. The average molecular weight is 334 g/mol. The molecule has 0 bridgehead atoms. The van der Waals surface area contributed by atoms with Crippen molar-refractivity contribution in [2.75, 3.05) is 0 Å². The second kappa shape index (κ2) is 10.9. The van der Waals surface area contributed by atoms with E-state index in [2.05, 4.69) is 12.2 Å². The van der Waals surface area contributed by atoms with Crippen LogP contribution in [0.4, 0.5) is 0 Å². The monoisotopic (exact) mass is 334 g/mol. The van der Waals surface area contributed by atoms with Crippen molar-refractivity contribution in [1.82, 2.24) is 5.32 Å². The number of carbonyl (C=O) groups is 2. The lowest BCUT2D eigenvalue weighted by Gasteiger charge is -2.20. The minimum absolute atomic E-state index is 0.00867. The Morgan fingerprint density at radius 3 is 2.46 bits per heavy atom. The number of nitrogens with two attached hydrogens (primary N) is 1. The molecular weight excluding hydrogens is 304 g/mol. The van der Waals surface area contributed by atoms with Crippen LogP contribution < -0.4 is 11.1 Å². The number of ketones is 1. The third kappa shape index (κ3) is 7.23. The number of rotatable bonds is 11. The minimum atomic E-state index is -1.15. The molecule has 5 heteroatoms. The fourth-order valence-electron chi connectivity index (χ4n) is 2.67. The normalized spacial score (nSPS) is 13.3. The van der Waals surface area contributed by atoms with Crippen LogP contribution >= 0.6 is 0 Å². The van der Waals surface area contributed by atoms with Gasteiger partial charge in [0.2, 0.25) is 5.91 Å². The Morgan fingerprint density at radius 2 is 1.83 bits per heavy atom. The Balaban J connectivity index is 2.63. The molecule has 0 aliphatic carbocycles. The Morgan fingerprint density at radius 1 is 1.17 bits per heavy atom. The molecular formula is C19H30N2O3. The van der Waals surface area contributed by atoms with E-state index in [1.165, 1.54) is 6.42 Å². The first kappa shape index (κ1) is 20.3. The number of hydrogen-bond donors (Lipinski definition) is 3. The molecule has 1 rings (SSSR count). The maximum Gasteiger partial charge on any atom is 0.220 e. The standard InChI is InChI=1S/C19H30N2O3/c1-3-4-5-6-7-12-18(23)21-16(13-17(20)22)19(24)15-11-9-8-10-14(15)2/h8-11,16-17,22H,3-7,12-13,20H2,1-2H3,(H,21,23)/t16-,17?/m1/s1. The van der Waals surface area contributed by atoms with Crippen molar-refractivity contribution in [3.05, 3.63) is 35.4 Å². The Hall–Kier alpha value is -1.72. The van der Waals surface area contributed by atoms with Crippen molar-refractivity contribution in [2.45, 2.75) is 71.1 Å². The van der Waals surface area contributed by atoms with Gasteiger partial charge in [0.25, 0.3) is 0 Å². The quantitative estimate of drug-likeness (QED) is 0.329. The van der Waals surface area contributed by atoms with E-state index in [9.17, 15) is 14.7 Å². The van der Waals surface area contributed by atoms with E-state index in [0.29, 0.717) is 12.0 Å². The van der Waals surface area contributed by atoms with Gasteiger partial charge in [0.05, 0.1) is 6.04 Å². The van der Waals surface area contributed by atoms with Crippen LogP contribution in [-0.4, -0.2) is 29.1 Å². The van der Waals surface area contributed by atoms with Crippen LogP contribution in [0.3, 0.4) is 0 Å². The van der Waals surface area contributed by atoms with E-state index in [1.54, 1.807) is 12.1 Å². The number of nitrogens with one attached hydrogen (secondary N) is 1. The minimum Gasteiger partial charge on any atom is -0.379 e. The van der Waals surface area contributed by atoms with Crippen molar-refractivity contribution >= 4 is 11.7 Å². The van der Waals surface area contributed by atoms with Gasteiger partial charge in [-0.3, -0.25) is 9.59 Å². The molecule has 24 heavy (non-hydrogen) atoms. The highest BCUT2D eigenvalue weighted by Gasteiger charge is 2.24. The number of amides is 1. The molecule has 0 spiro atoms. The van der Waals surface area contributed by atoms with Crippen LogP contribution in [0.5, 0.6) is 0 Å². The predicted molar refractivity (Wildman–Crippen MR) is 95.6 cm³/mol. The molecule has 0 fully saturated rings. The van der Waals surface area contributed by atoms with E-state index < -0.39 is 12.3 Å². The van der Waals surface area contributed by atoms with Crippen LogP contribution in [0.15, 0.2) is 24.3 Å². The van der Waals surface area contributed by atoms with E-state index in [1.807, 2.05) is 19.1 Å². The lowest BCUT2D eigenvalue weighted by atomic mass is 9.97. The smallest absolute Gasteiger partial charge is 0.220 e. The number of aliphatic hydroxyl groups is 1. The molecule has 0 aliphatic heterocycles. The van der Waals surface area contributed by atoms with Gasteiger partial charge in [0.1, 0.15) is 6.23 Å². The Labute approximate surface area is 144 Å². The third-order valence-electron chi connectivity index (χ3n) is 4.05.